The molecule has 1 saturated heterocycles. The minimum Gasteiger partial charge on any atom is -0.394 e. The van der Waals surface area contributed by atoms with Crippen molar-refractivity contribution in [2.24, 2.45) is 7.05 Å². The number of hydrogen-bond acceptors (Lipinski definition) is 7. The summed E-state index contributed by atoms with van der Waals surface area (Å²) in [5, 5.41) is 28.9. The maximum absolute atomic E-state index is 10.0. The largest absolute Gasteiger partial charge is 0.394 e. The molecule has 1 aliphatic heterocycles. The summed E-state index contributed by atoms with van der Waals surface area (Å²) >= 11 is 5.24. The molecule has 0 spiro atoms. The third kappa shape index (κ3) is 1.86. The Hall–Kier alpha value is -1.39. The zero-order valence-corrected chi connectivity index (χ0v) is 11.4. The Kier molecular flexibility index (Phi) is 3.30. The molecule has 9 heteroatoms. The highest BCUT2D eigenvalue weighted by Gasteiger charge is 2.43. The molecule has 0 unspecified atom stereocenters. The first kappa shape index (κ1) is 13.6. The van der Waals surface area contributed by atoms with Crippen LogP contribution in [0.3, 0.4) is 0 Å². The second-order valence-corrected chi connectivity index (χ2v) is 5.10. The van der Waals surface area contributed by atoms with Crippen molar-refractivity contribution in [3.8, 4) is 0 Å². The summed E-state index contributed by atoms with van der Waals surface area (Å²) in [5.74, 6) is 0. The van der Waals surface area contributed by atoms with Gasteiger partial charge < -0.3 is 24.6 Å². The van der Waals surface area contributed by atoms with E-state index in [9.17, 15) is 10.2 Å². The number of ether oxygens (including phenoxy) is 1. The van der Waals surface area contributed by atoms with Crippen LogP contribution in [0.5, 0.6) is 0 Å². The van der Waals surface area contributed by atoms with Gasteiger partial charge in [0.2, 0.25) is 0 Å². The molecule has 0 radical (unpaired) electrons. The van der Waals surface area contributed by atoms with E-state index >= 15 is 0 Å². The maximum atomic E-state index is 10.0. The molecule has 1 aliphatic rings. The first-order valence-corrected chi connectivity index (χ1v) is 6.46. The molecule has 3 heterocycles. The summed E-state index contributed by atoms with van der Waals surface area (Å²) in [7, 11) is 1.76. The SMILES string of the molecule is Cn1cnc2c(ncn2[C@@H]2O[C@@H](CO)[C@@H](O)[C@@H]2O)c1=S. The molecule has 2 aromatic heterocycles. The van der Waals surface area contributed by atoms with Gasteiger partial charge in [0.15, 0.2) is 11.9 Å². The zero-order valence-electron chi connectivity index (χ0n) is 10.6. The average Bonchev–Trinajstić information content (AvgIpc) is 2.98. The van der Waals surface area contributed by atoms with E-state index in [-0.39, 0.29) is 6.61 Å². The van der Waals surface area contributed by atoms with Crippen LogP contribution in [0.2, 0.25) is 0 Å². The third-order valence-corrected chi connectivity index (χ3v) is 3.92. The normalized spacial score (nSPS) is 30.2. The highest BCUT2D eigenvalue weighted by Crippen LogP contribution is 2.31. The van der Waals surface area contributed by atoms with E-state index < -0.39 is 24.5 Å². The minimum atomic E-state index is -1.17. The molecule has 1 fully saturated rings. The van der Waals surface area contributed by atoms with Crippen LogP contribution < -0.4 is 0 Å². The van der Waals surface area contributed by atoms with Crippen molar-refractivity contribution in [1.29, 1.82) is 0 Å². The van der Waals surface area contributed by atoms with Gasteiger partial charge in [-0.2, -0.15) is 0 Å². The van der Waals surface area contributed by atoms with Crippen LogP contribution in [0, 0.1) is 4.64 Å². The second-order valence-electron chi connectivity index (χ2n) is 4.71. The molecule has 108 valence electrons. The van der Waals surface area contributed by atoms with E-state index in [4.69, 9.17) is 22.1 Å². The van der Waals surface area contributed by atoms with Gasteiger partial charge in [-0.15, -0.1) is 0 Å². The lowest BCUT2D eigenvalue weighted by molar-refractivity contribution is -0.0511. The van der Waals surface area contributed by atoms with Crippen LogP contribution in [0.4, 0.5) is 0 Å². The molecule has 2 aromatic rings. The molecule has 0 aromatic carbocycles. The minimum absolute atomic E-state index is 0.379. The highest BCUT2D eigenvalue weighted by atomic mass is 32.1. The van der Waals surface area contributed by atoms with Crippen molar-refractivity contribution in [3.63, 3.8) is 0 Å². The Balaban J connectivity index is 2.08. The molecular formula is C11H14N4O4S. The number of hydrogen-bond donors (Lipinski definition) is 3. The summed E-state index contributed by atoms with van der Waals surface area (Å²) in [5.41, 5.74) is 0.977. The van der Waals surface area contributed by atoms with E-state index in [2.05, 4.69) is 9.97 Å². The van der Waals surface area contributed by atoms with Crippen LogP contribution in [0.1, 0.15) is 6.23 Å². The van der Waals surface area contributed by atoms with Gasteiger partial charge in [0.05, 0.1) is 19.3 Å². The van der Waals surface area contributed by atoms with E-state index in [1.807, 2.05) is 0 Å². The lowest BCUT2D eigenvalue weighted by atomic mass is 10.1. The molecule has 20 heavy (non-hydrogen) atoms. The average molecular weight is 298 g/mol. The summed E-state index contributed by atoms with van der Waals surface area (Å²) in [6.07, 6.45) is -1.03. The molecule has 0 saturated carbocycles. The molecule has 8 nitrogen and oxygen atoms in total. The number of nitrogens with zero attached hydrogens (tertiary/aromatic N) is 4. The number of aliphatic hydroxyl groups is 3. The summed E-state index contributed by atoms with van der Waals surface area (Å²) in [6.45, 7) is -0.379. The molecule has 0 bridgehead atoms. The van der Waals surface area contributed by atoms with Gasteiger partial charge in [-0.05, 0) is 0 Å². The number of rotatable bonds is 2. The standard InChI is InChI=1S/C11H14N4O4S/c1-14-3-13-9-6(11(14)20)12-4-15(9)10-8(18)7(17)5(2-16)19-10/h3-5,7-8,10,16-18H,2H2,1H3/t5-,7+,8-,10+/m0/s1. The van der Waals surface area contributed by atoms with Crippen LogP contribution in [0.15, 0.2) is 12.7 Å². The van der Waals surface area contributed by atoms with E-state index in [0.29, 0.717) is 15.8 Å². The molecule has 0 amide bonds. The maximum Gasteiger partial charge on any atom is 0.166 e. The third-order valence-electron chi connectivity index (χ3n) is 3.44. The van der Waals surface area contributed by atoms with Crippen LogP contribution in [-0.4, -0.2) is 59.3 Å². The van der Waals surface area contributed by atoms with Gasteiger partial charge in [-0.3, -0.25) is 4.57 Å². The number of fused-ring (bicyclic) bond motifs is 1. The van der Waals surface area contributed by atoms with Crippen molar-refractivity contribution >= 4 is 23.4 Å². The van der Waals surface area contributed by atoms with Gasteiger partial charge in [0, 0.05) is 7.05 Å². The van der Waals surface area contributed by atoms with E-state index in [1.54, 1.807) is 17.9 Å². The summed E-state index contributed by atoms with van der Waals surface area (Å²) in [4.78, 5) is 8.39. The predicted molar refractivity (Wildman–Crippen MR) is 70.3 cm³/mol. The van der Waals surface area contributed by atoms with Crippen LogP contribution in [0.25, 0.3) is 11.2 Å². The van der Waals surface area contributed by atoms with E-state index in [0.717, 1.165) is 0 Å². The quantitative estimate of drug-likeness (QED) is 0.618. The number of aromatic nitrogens is 4. The fourth-order valence-electron chi connectivity index (χ4n) is 2.29. The predicted octanol–water partition coefficient (Wildman–Crippen LogP) is -0.889. The Morgan fingerprint density at radius 1 is 1.30 bits per heavy atom. The topological polar surface area (TPSA) is 106 Å². The summed E-state index contributed by atoms with van der Waals surface area (Å²) < 4.78 is 9.13. The molecular weight excluding hydrogens is 284 g/mol. The smallest absolute Gasteiger partial charge is 0.166 e. The van der Waals surface area contributed by atoms with Gasteiger partial charge in [0.25, 0.3) is 0 Å². The monoisotopic (exact) mass is 298 g/mol. The van der Waals surface area contributed by atoms with Gasteiger partial charge in [-0.1, -0.05) is 12.2 Å². The summed E-state index contributed by atoms with van der Waals surface area (Å²) in [6, 6.07) is 0. The van der Waals surface area contributed by atoms with Crippen molar-refractivity contribution in [2.75, 3.05) is 6.61 Å². The Morgan fingerprint density at radius 3 is 2.70 bits per heavy atom. The lowest BCUT2D eigenvalue weighted by Crippen LogP contribution is -2.33. The number of aryl methyl sites for hydroxylation is 1. The zero-order chi connectivity index (χ0) is 14.4. The van der Waals surface area contributed by atoms with E-state index in [1.165, 1.54) is 10.9 Å². The Bertz CT molecular complexity index is 699. The Morgan fingerprint density at radius 2 is 2.05 bits per heavy atom. The molecule has 3 N–H and O–H groups in total. The van der Waals surface area contributed by atoms with Gasteiger partial charge in [-0.25, -0.2) is 9.97 Å². The Labute approximate surface area is 118 Å². The lowest BCUT2D eigenvalue weighted by Gasteiger charge is -2.16. The second kappa shape index (κ2) is 4.86. The van der Waals surface area contributed by atoms with Crippen molar-refractivity contribution in [3.05, 3.63) is 17.3 Å². The van der Waals surface area contributed by atoms with Crippen molar-refractivity contribution in [2.45, 2.75) is 24.5 Å². The highest BCUT2D eigenvalue weighted by molar-refractivity contribution is 7.71. The fourth-order valence-corrected chi connectivity index (χ4v) is 2.48. The van der Waals surface area contributed by atoms with Crippen LogP contribution in [-0.2, 0) is 11.8 Å². The molecule has 3 rings (SSSR count). The van der Waals surface area contributed by atoms with Gasteiger partial charge in [0.1, 0.15) is 28.5 Å². The van der Waals surface area contributed by atoms with Crippen LogP contribution >= 0.6 is 12.2 Å². The van der Waals surface area contributed by atoms with Crippen molar-refractivity contribution < 1.29 is 20.1 Å². The molecule has 0 aliphatic carbocycles. The first-order chi connectivity index (χ1) is 9.54. The fraction of sp³-hybridized carbons (Fsp3) is 0.545. The van der Waals surface area contributed by atoms with Crippen molar-refractivity contribution in [1.82, 2.24) is 19.1 Å². The number of aliphatic hydroxyl groups excluding tert-OH is 3. The molecule has 4 atom stereocenters. The number of imidazole rings is 1. The first-order valence-electron chi connectivity index (χ1n) is 6.05. The van der Waals surface area contributed by atoms with Gasteiger partial charge >= 0.3 is 0 Å².